The first-order valence-corrected chi connectivity index (χ1v) is 8.12. The maximum absolute atomic E-state index is 5.83. The lowest BCUT2D eigenvalue weighted by Gasteiger charge is -2.36. The van der Waals surface area contributed by atoms with E-state index in [0.717, 1.165) is 37.0 Å². The van der Waals surface area contributed by atoms with Crippen LogP contribution in [0.3, 0.4) is 0 Å². The molecule has 0 saturated carbocycles. The molecular weight excluding hydrogens is 272 g/mol. The Balaban J connectivity index is 1.94. The van der Waals surface area contributed by atoms with Crippen molar-refractivity contribution in [1.29, 1.82) is 0 Å². The van der Waals surface area contributed by atoms with E-state index in [-0.39, 0.29) is 12.2 Å². The zero-order valence-corrected chi connectivity index (χ0v) is 13.1. The fourth-order valence-electron chi connectivity index (χ4n) is 2.83. The number of hydrogen-bond donors (Lipinski definition) is 1. The van der Waals surface area contributed by atoms with Crippen LogP contribution in [0.1, 0.15) is 26.5 Å². The number of morpholine rings is 1. The molecule has 2 unspecified atom stereocenters. The van der Waals surface area contributed by atoms with Gasteiger partial charge < -0.3 is 15.0 Å². The minimum absolute atomic E-state index is 0.255. The zero-order chi connectivity index (χ0) is 14.1. The standard InChI is InChI=1S/C14H22N4OS/c1-4-15-7-12-13(16-14-18(12)5-6-20-14)17-8-10(2)19-11(3)9-17/h5-6,10-11,15H,4,7-9H2,1-3H3. The van der Waals surface area contributed by atoms with E-state index < -0.39 is 0 Å². The van der Waals surface area contributed by atoms with Gasteiger partial charge in [0.2, 0.25) is 0 Å². The van der Waals surface area contributed by atoms with Gasteiger partial charge in [0.15, 0.2) is 10.8 Å². The number of hydrogen-bond acceptors (Lipinski definition) is 5. The Kier molecular flexibility index (Phi) is 3.96. The van der Waals surface area contributed by atoms with E-state index in [9.17, 15) is 0 Å². The smallest absolute Gasteiger partial charge is 0.195 e. The lowest BCUT2D eigenvalue weighted by Crippen LogP contribution is -2.46. The Morgan fingerprint density at radius 2 is 2.15 bits per heavy atom. The highest BCUT2D eigenvalue weighted by Gasteiger charge is 2.26. The van der Waals surface area contributed by atoms with Gasteiger partial charge in [-0.3, -0.25) is 4.40 Å². The molecule has 0 bridgehead atoms. The van der Waals surface area contributed by atoms with Gasteiger partial charge in [-0.25, -0.2) is 4.98 Å². The van der Waals surface area contributed by atoms with Crippen LogP contribution in [0.25, 0.3) is 4.96 Å². The third-order valence-corrected chi connectivity index (χ3v) is 4.36. The SMILES string of the molecule is CCNCc1c(N2CC(C)OC(C)C2)nc2sccn12. The number of rotatable bonds is 4. The monoisotopic (exact) mass is 294 g/mol. The lowest BCUT2D eigenvalue weighted by atomic mass is 10.2. The van der Waals surface area contributed by atoms with Gasteiger partial charge in [-0.2, -0.15) is 0 Å². The van der Waals surface area contributed by atoms with Crippen LogP contribution in [-0.4, -0.2) is 41.2 Å². The molecule has 20 heavy (non-hydrogen) atoms. The van der Waals surface area contributed by atoms with E-state index in [2.05, 4.69) is 47.0 Å². The van der Waals surface area contributed by atoms with E-state index in [1.807, 2.05) is 0 Å². The topological polar surface area (TPSA) is 41.8 Å². The van der Waals surface area contributed by atoms with Crippen LogP contribution in [0, 0.1) is 0 Å². The first kappa shape index (κ1) is 13.9. The predicted molar refractivity (Wildman–Crippen MR) is 82.7 cm³/mol. The van der Waals surface area contributed by atoms with Crippen LogP contribution in [0.2, 0.25) is 0 Å². The average Bonchev–Trinajstić information content (AvgIpc) is 2.95. The summed E-state index contributed by atoms with van der Waals surface area (Å²) in [7, 11) is 0. The number of fused-ring (bicyclic) bond motifs is 1. The quantitative estimate of drug-likeness (QED) is 0.938. The molecule has 0 radical (unpaired) electrons. The van der Waals surface area contributed by atoms with Gasteiger partial charge >= 0.3 is 0 Å². The van der Waals surface area contributed by atoms with Crippen molar-refractivity contribution >= 4 is 22.1 Å². The van der Waals surface area contributed by atoms with Crippen LogP contribution in [-0.2, 0) is 11.3 Å². The van der Waals surface area contributed by atoms with Crippen molar-refractivity contribution in [3.8, 4) is 0 Å². The molecule has 6 heteroatoms. The second-order valence-electron chi connectivity index (χ2n) is 5.38. The summed E-state index contributed by atoms with van der Waals surface area (Å²) in [4.78, 5) is 8.27. The number of nitrogens with zero attached hydrogens (tertiary/aromatic N) is 3. The third kappa shape index (κ3) is 2.55. The first-order valence-electron chi connectivity index (χ1n) is 7.24. The zero-order valence-electron chi connectivity index (χ0n) is 12.3. The number of nitrogens with one attached hydrogen (secondary N) is 1. The Morgan fingerprint density at radius 1 is 1.40 bits per heavy atom. The fraction of sp³-hybridized carbons (Fsp3) is 0.643. The molecule has 2 aromatic rings. The second kappa shape index (κ2) is 5.71. The van der Waals surface area contributed by atoms with Crippen molar-refractivity contribution in [3.63, 3.8) is 0 Å². The second-order valence-corrected chi connectivity index (χ2v) is 6.25. The van der Waals surface area contributed by atoms with Crippen LogP contribution in [0.4, 0.5) is 5.82 Å². The molecule has 1 fully saturated rings. The lowest BCUT2D eigenvalue weighted by molar-refractivity contribution is -0.00548. The largest absolute Gasteiger partial charge is 0.372 e. The van der Waals surface area contributed by atoms with E-state index in [0.29, 0.717) is 0 Å². The van der Waals surface area contributed by atoms with Crippen LogP contribution >= 0.6 is 11.3 Å². The van der Waals surface area contributed by atoms with Crippen LogP contribution in [0.5, 0.6) is 0 Å². The van der Waals surface area contributed by atoms with Crippen molar-refractivity contribution in [3.05, 3.63) is 17.3 Å². The molecule has 0 amide bonds. The molecule has 2 aromatic heterocycles. The molecule has 1 aliphatic rings. The number of aromatic nitrogens is 2. The first-order chi connectivity index (χ1) is 9.69. The van der Waals surface area contributed by atoms with Gasteiger partial charge in [-0.15, -0.1) is 11.3 Å². The number of anilines is 1. The molecule has 0 aromatic carbocycles. The Labute approximate surface area is 123 Å². The summed E-state index contributed by atoms with van der Waals surface area (Å²) in [6, 6.07) is 0. The van der Waals surface area contributed by atoms with Gasteiger partial charge in [0, 0.05) is 31.2 Å². The summed E-state index contributed by atoms with van der Waals surface area (Å²) < 4.78 is 8.03. The minimum atomic E-state index is 0.255. The average molecular weight is 294 g/mol. The maximum Gasteiger partial charge on any atom is 0.195 e. The molecule has 1 aliphatic heterocycles. The summed E-state index contributed by atoms with van der Waals surface area (Å²) in [6.45, 7) is 10.0. The molecule has 3 rings (SSSR count). The molecule has 0 aliphatic carbocycles. The van der Waals surface area contributed by atoms with Gasteiger partial charge in [0.25, 0.3) is 0 Å². The molecule has 1 N–H and O–H groups in total. The third-order valence-electron chi connectivity index (χ3n) is 3.60. The predicted octanol–water partition coefficient (Wildman–Crippen LogP) is 2.12. The van der Waals surface area contributed by atoms with Gasteiger partial charge in [0.1, 0.15) is 0 Å². The highest BCUT2D eigenvalue weighted by Crippen LogP contribution is 2.27. The molecule has 110 valence electrons. The normalized spacial score (nSPS) is 23.6. The van der Waals surface area contributed by atoms with E-state index in [1.165, 1.54) is 5.69 Å². The van der Waals surface area contributed by atoms with Crippen molar-refractivity contribution < 1.29 is 4.74 Å². The van der Waals surface area contributed by atoms with Crippen LogP contribution < -0.4 is 10.2 Å². The number of imidazole rings is 1. The Bertz CT molecular complexity index is 569. The van der Waals surface area contributed by atoms with E-state index >= 15 is 0 Å². The highest BCUT2D eigenvalue weighted by molar-refractivity contribution is 7.15. The summed E-state index contributed by atoms with van der Waals surface area (Å²) in [6.07, 6.45) is 2.62. The van der Waals surface area contributed by atoms with Gasteiger partial charge in [0.05, 0.1) is 17.9 Å². The molecule has 3 heterocycles. The van der Waals surface area contributed by atoms with E-state index in [4.69, 9.17) is 9.72 Å². The molecule has 2 atom stereocenters. The van der Waals surface area contributed by atoms with Gasteiger partial charge in [-0.05, 0) is 20.4 Å². The summed E-state index contributed by atoms with van der Waals surface area (Å²) >= 11 is 1.69. The number of thiazole rings is 1. The molecule has 0 spiro atoms. The van der Waals surface area contributed by atoms with E-state index in [1.54, 1.807) is 11.3 Å². The summed E-state index contributed by atoms with van der Waals surface area (Å²) in [5.74, 6) is 1.11. The van der Waals surface area contributed by atoms with Crippen molar-refractivity contribution in [2.24, 2.45) is 0 Å². The van der Waals surface area contributed by atoms with Gasteiger partial charge in [-0.1, -0.05) is 6.92 Å². The van der Waals surface area contributed by atoms with Crippen LogP contribution in [0.15, 0.2) is 11.6 Å². The Morgan fingerprint density at radius 3 is 2.85 bits per heavy atom. The highest BCUT2D eigenvalue weighted by atomic mass is 32.1. The molecule has 1 saturated heterocycles. The van der Waals surface area contributed by atoms with Crippen molar-refractivity contribution in [1.82, 2.24) is 14.7 Å². The summed E-state index contributed by atoms with van der Waals surface area (Å²) in [5.41, 5.74) is 1.25. The minimum Gasteiger partial charge on any atom is -0.372 e. The molecular formula is C14H22N4OS. The molecule has 5 nitrogen and oxygen atoms in total. The van der Waals surface area contributed by atoms with Crippen molar-refractivity contribution in [2.45, 2.75) is 39.5 Å². The maximum atomic E-state index is 5.83. The summed E-state index contributed by atoms with van der Waals surface area (Å²) in [5, 5.41) is 5.51. The fourth-order valence-corrected chi connectivity index (χ4v) is 3.56. The Hall–Kier alpha value is -1.11. The van der Waals surface area contributed by atoms with Crippen molar-refractivity contribution in [2.75, 3.05) is 24.5 Å². The number of ether oxygens (including phenoxy) is 1.